The molecule has 138 valence electrons. The molecule has 0 unspecified atom stereocenters. The van der Waals surface area contributed by atoms with E-state index in [2.05, 4.69) is 17.1 Å². The third kappa shape index (κ3) is 4.04. The van der Waals surface area contributed by atoms with Crippen molar-refractivity contribution >= 4 is 33.4 Å². The number of thiophene rings is 1. The number of primary sulfonamides is 1. The lowest BCUT2D eigenvalue weighted by atomic mass is 10.0. The van der Waals surface area contributed by atoms with E-state index < -0.39 is 16.0 Å². The van der Waals surface area contributed by atoms with Gasteiger partial charge in [0.05, 0.1) is 12.7 Å². The monoisotopic (exact) mass is 392 g/mol. The molecule has 8 heteroatoms. The van der Waals surface area contributed by atoms with Gasteiger partial charge in [0.1, 0.15) is 4.21 Å². The van der Waals surface area contributed by atoms with Crippen LogP contribution in [0.3, 0.4) is 0 Å². The van der Waals surface area contributed by atoms with Crippen molar-refractivity contribution in [1.29, 1.82) is 0 Å². The average Bonchev–Trinajstić information content (AvgIpc) is 3.01. The highest BCUT2D eigenvalue weighted by atomic mass is 32.2. The van der Waals surface area contributed by atoms with E-state index in [0.29, 0.717) is 13.0 Å². The predicted molar refractivity (Wildman–Crippen MR) is 101 cm³/mol. The van der Waals surface area contributed by atoms with E-state index >= 15 is 0 Å². The van der Waals surface area contributed by atoms with Crippen molar-refractivity contribution in [3.8, 4) is 0 Å². The molecule has 0 spiro atoms. The summed E-state index contributed by atoms with van der Waals surface area (Å²) in [4.78, 5) is 15.1. The van der Waals surface area contributed by atoms with Crippen LogP contribution in [0.1, 0.15) is 26.4 Å². The summed E-state index contributed by atoms with van der Waals surface area (Å²) in [6, 6.07) is 10.0. The molecule has 1 aliphatic rings. The molecule has 1 aliphatic heterocycles. The molecule has 0 aliphatic carbocycles. The third-order valence-corrected chi connectivity index (χ3v) is 6.90. The Morgan fingerprint density at radius 1 is 1.35 bits per heavy atom. The van der Waals surface area contributed by atoms with Crippen molar-refractivity contribution in [2.45, 2.75) is 17.2 Å². The molecule has 0 atom stereocenters. The summed E-state index contributed by atoms with van der Waals surface area (Å²) >= 11 is 1.07. The fourth-order valence-corrected chi connectivity index (χ4v) is 5.36. The van der Waals surface area contributed by atoms with Gasteiger partial charge in [0, 0.05) is 24.5 Å². The van der Waals surface area contributed by atoms with Crippen LogP contribution in [0.5, 0.6) is 0 Å². The highest BCUT2D eigenvalue weighted by Gasteiger charge is 2.32. The Bertz CT molecular complexity index is 934. The first-order valence-corrected chi connectivity index (χ1v) is 10.5. The summed E-state index contributed by atoms with van der Waals surface area (Å²) in [6.07, 6.45) is 4.72. The van der Waals surface area contributed by atoms with Crippen LogP contribution in [0.2, 0.25) is 0 Å². The molecule has 2 aromatic rings. The molecule has 0 saturated heterocycles. The van der Waals surface area contributed by atoms with Crippen LogP contribution in [0.25, 0.3) is 6.08 Å². The van der Waals surface area contributed by atoms with Crippen LogP contribution >= 0.6 is 11.3 Å². The zero-order valence-electron chi connectivity index (χ0n) is 14.3. The van der Waals surface area contributed by atoms with E-state index in [1.807, 2.05) is 30.3 Å². The van der Waals surface area contributed by atoms with Crippen LogP contribution in [0, 0.1) is 0 Å². The number of nitrogens with zero attached hydrogens (tertiary/aromatic N) is 1. The number of rotatable bonds is 5. The van der Waals surface area contributed by atoms with Gasteiger partial charge in [-0.05, 0) is 17.5 Å². The van der Waals surface area contributed by atoms with Crippen molar-refractivity contribution < 1.29 is 17.9 Å². The van der Waals surface area contributed by atoms with Crippen LogP contribution in [0.15, 0.2) is 40.6 Å². The third-order valence-electron chi connectivity index (χ3n) is 4.23. The van der Waals surface area contributed by atoms with E-state index in [9.17, 15) is 13.2 Å². The van der Waals surface area contributed by atoms with Gasteiger partial charge in [-0.25, -0.2) is 18.4 Å². The summed E-state index contributed by atoms with van der Waals surface area (Å²) in [5, 5.41) is 5.29. The summed E-state index contributed by atoms with van der Waals surface area (Å²) in [5.41, 5.74) is 1.98. The number of benzene rings is 1. The second kappa shape index (κ2) is 7.71. The minimum absolute atomic E-state index is 0.101. The summed E-state index contributed by atoms with van der Waals surface area (Å²) in [6.45, 7) is 2.06. The zero-order chi connectivity index (χ0) is 18.7. The lowest BCUT2D eigenvalue weighted by Crippen LogP contribution is -2.30. The standard InChI is InChI=1S/C18H20N2O4S2/c1-24-17(21)16-14-9-11-20(10-5-8-13-6-3-2-4-7-13)12-15(14)25-18(16)26(19,22)23/h2-8H,9-12H2,1H3,(H2,19,22,23)/b8-5+. The maximum Gasteiger partial charge on any atom is 0.340 e. The Kier molecular flexibility index (Phi) is 5.57. The lowest BCUT2D eigenvalue weighted by Gasteiger charge is -2.25. The number of carbonyl (C=O) groups excluding carboxylic acids is 1. The molecule has 1 aromatic heterocycles. The number of carbonyl (C=O) groups is 1. The van der Waals surface area contributed by atoms with Crippen LogP contribution in [-0.2, 0) is 27.7 Å². The van der Waals surface area contributed by atoms with Crippen molar-refractivity contribution in [2.24, 2.45) is 5.14 Å². The van der Waals surface area contributed by atoms with Gasteiger partial charge in [-0.2, -0.15) is 0 Å². The van der Waals surface area contributed by atoms with Gasteiger partial charge in [0.2, 0.25) is 10.0 Å². The van der Waals surface area contributed by atoms with Gasteiger partial charge in [0.25, 0.3) is 0 Å². The molecule has 0 fully saturated rings. The van der Waals surface area contributed by atoms with Crippen LogP contribution < -0.4 is 5.14 Å². The fraction of sp³-hybridized carbons (Fsp3) is 0.278. The Morgan fingerprint density at radius 2 is 2.08 bits per heavy atom. The number of fused-ring (bicyclic) bond motifs is 1. The Morgan fingerprint density at radius 3 is 2.73 bits per heavy atom. The first-order chi connectivity index (χ1) is 12.4. The van der Waals surface area contributed by atoms with Crippen LogP contribution in [0.4, 0.5) is 0 Å². The number of ether oxygens (including phenoxy) is 1. The number of hydrogen-bond acceptors (Lipinski definition) is 6. The highest BCUT2D eigenvalue weighted by Crippen LogP contribution is 2.36. The zero-order valence-corrected chi connectivity index (χ0v) is 16.0. The van der Waals surface area contributed by atoms with E-state index in [4.69, 9.17) is 9.88 Å². The van der Waals surface area contributed by atoms with Gasteiger partial charge < -0.3 is 4.74 Å². The van der Waals surface area contributed by atoms with Gasteiger partial charge in [-0.15, -0.1) is 11.3 Å². The molecular formula is C18H20N2O4S2. The minimum atomic E-state index is -3.97. The van der Waals surface area contributed by atoms with E-state index in [1.54, 1.807) is 0 Å². The normalized spacial score (nSPS) is 15.2. The molecule has 1 aromatic carbocycles. The van der Waals surface area contributed by atoms with E-state index in [-0.39, 0.29) is 9.77 Å². The van der Waals surface area contributed by atoms with Crippen molar-refractivity contribution in [3.05, 3.63) is 58.0 Å². The average molecular weight is 393 g/mol. The quantitative estimate of drug-likeness (QED) is 0.789. The van der Waals surface area contributed by atoms with Gasteiger partial charge in [0.15, 0.2) is 0 Å². The smallest absolute Gasteiger partial charge is 0.340 e. The Hall–Kier alpha value is -2.00. The molecule has 3 rings (SSSR count). The highest BCUT2D eigenvalue weighted by molar-refractivity contribution is 7.91. The van der Waals surface area contributed by atoms with Gasteiger partial charge >= 0.3 is 5.97 Å². The molecule has 0 amide bonds. The molecular weight excluding hydrogens is 372 g/mol. The molecule has 2 N–H and O–H groups in total. The topological polar surface area (TPSA) is 89.7 Å². The molecule has 0 radical (unpaired) electrons. The fourth-order valence-electron chi connectivity index (χ4n) is 3.00. The van der Waals surface area contributed by atoms with E-state index in [1.165, 1.54) is 7.11 Å². The number of nitrogens with two attached hydrogens (primary N) is 1. The first kappa shape index (κ1) is 18.8. The van der Waals surface area contributed by atoms with E-state index in [0.717, 1.165) is 40.4 Å². The Labute approximate surface area is 156 Å². The second-order valence-electron chi connectivity index (χ2n) is 6.00. The summed E-state index contributed by atoms with van der Waals surface area (Å²) in [5.74, 6) is -0.649. The van der Waals surface area contributed by atoms with Crippen molar-refractivity contribution in [1.82, 2.24) is 4.90 Å². The summed E-state index contributed by atoms with van der Waals surface area (Å²) in [7, 11) is -2.73. The lowest BCUT2D eigenvalue weighted by molar-refractivity contribution is 0.0595. The Balaban J connectivity index is 1.79. The van der Waals surface area contributed by atoms with Gasteiger partial charge in [-0.1, -0.05) is 42.5 Å². The SMILES string of the molecule is COC(=O)c1c(S(N)(=O)=O)sc2c1CCN(C/C=C/c1ccccc1)C2. The summed E-state index contributed by atoms with van der Waals surface area (Å²) < 4.78 is 28.4. The van der Waals surface area contributed by atoms with Crippen LogP contribution in [-0.4, -0.2) is 39.5 Å². The number of sulfonamides is 1. The van der Waals surface area contributed by atoms with Gasteiger partial charge in [-0.3, -0.25) is 4.90 Å². The molecule has 26 heavy (non-hydrogen) atoms. The number of methoxy groups -OCH3 is 1. The number of hydrogen-bond donors (Lipinski definition) is 1. The van der Waals surface area contributed by atoms with Crippen molar-refractivity contribution in [3.63, 3.8) is 0 Å². The minimum Gasteiger partial charge on any atom is -0.465 e. The molecule has 6 nitrogen and oxygen atoms in total. The van der Waals surface area contributed by atoms with Crippen molar-refractivity contribution in [2.75, 3.05) is 20.2 Å². The predicted octanol–water partition coefficient (Wildman–Crippen LogP) is 2.25. The second-order valence-corrected chi connectivity index (χ2v) is 8.86. The first-order valence-electron chi connectivity index (χ1n) is 8.09. The maximum atomic E-state index is 12.1. The number of esters is 1. The molecule has 0 bridgehead atoms. The molecule has 0 saturated carbocycles. The molecule has 2 heterocycles. The maximum absolute atomic E-state index is 12.1. The largest absolute Gasteiger partial charge is 0.465 e.